The summed E-state index contributed by atoms with van der Waals surface area (Å²) in [6.07, 6.45) is 2.93. The SMILES string of the molecule is C=C(C)C(=O)OCCC(=C(C)C(=O)OC)c1ncncn1. The van der Waals surface area contributed by atoms with Gasteiger partial charge < -0.3 is 9.47 Å². The predicted molar refractivity (Wildman–Crippen MR) is 74.8 cm³/mol. The minimum Gasteiger partial charge on any atom is -0.466 e. The fraction of sp³-hybridized carbons (Fsp3) is 0.357. The van der Waals surface area contributed by atoms with Gasteiger partial charge in [0.15, 0.2) is 5.82 Å². The van der Waals surface area contributed by atoms with Crippen LogP contribution in [0.15, 0.2) is 30.4 Å². The van der Waals surface area contributed by atoms with Crippen LogP contribution in [-0.4, -0.2) is 40.6 Å². The standard InChI is InChI=1S/C14H17N3O4/c1-9(2)13(18)21-6-5-11(10(3)14(19)20-4)12-16-7-15-8-17-12/h7-8H,1,5-6H2,2-4H3. The van der Waals surface area contributed by atoms with Crippen LogP contribution in [0.3, 0.4) is 0 Å². The molecule has 0 unspecified atom stereocenters. The van der Waals surface area contributed by atoms with Crippen LogP contribution in [0.2, 0.25) is 0 Å². The summed E-state index contributed by atoms with van der Waals surface area (Å²) >= 11 is 0. The molecule has 112 valence electrons. The van der Waals surface area contributed by atoms with Gasteiger partial charge >= 0.3 is 11.9 Å². The maximum atomic E-state index is 11.7. The van der Waals surface area contributed by atoms with E-state index in [-0.39, 0.29) is 13.0 Å². The van der Waals surface area contributed by atoms with Crippen molar-refractivity contribution in [3.8, 4) is 0 Å². The second-order valence-corrected chi connectivity index (χ2v) is 4.22. The molecule has 1 rings (SSSR count). The Morgan fingerprint density at radius 1 is 1.19 bits per heavy atom. The number of aromatic nitrogens is 3. The summed E-state index contributed by atoms with van der Waals surface area (Å²) < 4.78 is 9.71. The molecule has 0 radical (unpaired) electrons. The van der Waals surface area contributed by atoms with Gasteiger partial charge in [-0.2, -0.15) is 0 Å². The Balaban J connectivity index is 2.92. The zero-order valence-corrected chi connectivity index (χ0v) is 12.3. The quantitative estimate of drug-likeness (QED) is 0.576. The molecule has 0 N–H and O–H groups in total. The van der Waals surface area contributed by atoms with Crippen LogP contribution in [0.5, 0.6) is 0 Å². The highest BCUT2D eigenvalue weighted by Gasteiger charge is 2.16. The third-order valence-electron chi connectivity index (χ3n) is 2.64. The number of carbonyl (C=O) groups is 2. The molecule has 0 aliphatic rings. The van der Waals surface area contributed by atoms with E-state index in [9.17, 15) is 9.59 Å². The summed E-state index contributed by atoms with van der Waals surface area (Å²) in [5, 5.41) is 0. The Bertz CT molecular complexity index is 567. The molecule has 1 heterocycles. The number of nitrogens with zero attached hydrogens (tertiary/aromatic N) is 3. The number of rotatable bonds is 6. The molecule has 0 bridgehead atoms. The normalized spacial score (nSPS) is 11.4. The first-order chi connectivity index (χ1) is 9.97. The lowest BCUT2D eigenvalue weighted by Crippen LogP contribution is -2.11. The molecular weight excluding hydrogens is 274 g/mol. The van der Waals surface area contributed by atoms with Gasteiger partial charge in [-0.1, -0.05) is 6.58 Å². The molecule has 0 amide bonds. The molecule has 0 spiro atoms. The average Bonchev–Trinajstić information content (AvgIpc) is 2.50. The van der Waals surface area contributed by atoms with E-state index in [2.05, 4.69) is 21.5 Å². The molecule has 21 heavy (non-hydrogen) atoms. The summed E-state index contributed by atoms with van der Waals surface area (Å²) in [5.74, 6) is -0.628. The van der Waals surface area contributed by atoms with E-state index in [1.54, 1.807) is 13.8 Å². The maximum Gasteiger partial charge on any atom is 0.333 e. The predicted octanol–water partition coefficient (Wildman–Crippen LogP) is 1.33. The van der Waals surface area contributed by atoms with E-state index in [1.807, 2.05) is 0 Å². The van der Waals surface area contributed by atoms with Crippen molar-refractivity contribution < 1.29 is 19.1 Å². The highest BCUT2D eigenvalue weighted by molar-refractivity contribution is 5.96. The molecule has 0 aliphatic carbocycles. The highest BCUT2D eigenvalue weighted by atomic mass is 16.5. The molecule has 0 atom stereocenters. The number of hydrogen-bond donors (Lipinski definition) is 0. The molecule has 1 aromatic rings. The zero-order valence-electron chi connectivity index (χ0n) is 12.3. The molecule has 7 heteroatoms. The second-order valence-electron chi connectivity index (χ2n) is 4.22. The lowest BCUT2D eigenvalue weighted by molar-refractivity contribution is -0.138. The smallest absolute Gasteiger partial charge is 0.333 e. The Kier molecular flexibility index (Phi) is 6.19. The number of carbonyl (C=O) groups excluding carboxylic acids is 2. The third-order valence-corrected chi connectivity index (χ3v) is 2.64. The monoisotopic (exact) mass is 291 g/mol. The average molecular weight is 291 g/mol. The highest BCUT2D eigenvalue weighted by Crippen LogP contribution is 2.19. The first kappa shape index (κ1) is 16.5. The second kappa shape index (κ2) is 7.88. The summed E-state index contributed by atoms with van der Waals surface area (Å²) in [4.78, 5) is 34.7. The molecule has 1 aromatic heterocycles. The van der Waals surface area contributed by atoms with Crippen LogP contribution >= 0.6 is 0 Å². The molecule has 0 saturated heterocycles. The fourth-order valence-corrected chi connectivity index (χ4v) is 1.51. The van der Waals surface area contributed by atoms with Crippen LogP contribution in [-0.2, 0) is 19.1 Å². The summed E-state index contributed by atoms with van der Waals surface area (Å²) in [7, 11) is 1.29. The largest absolute Gasteiger partial charge is 0.466 e. The Hall–Kier alpha value is -2.57. The molecular formula is C14H17N3O4. The third kappa shape index (κ3) is 4.79. The van der Waals surface area contributed by atoms with Crippen LogP contribution in [0.25, 0.3) is 5.57 Å². The summed E-state index contributed by atoms with van der Waals surface area (Å²) in [5.41, 5.74) is 1.21. The zero-order chi connectivity index (χ0) is 15.8. The Morgan fingerprint density at radius 3 is 2.33 bits per heavy atom. The van der Waals surface area contributed by atoms with Crippen molar-refractivity contribution in [2.75, 3.05) is 13.7 Å². The van der Waals surface area contributed by atoms with E-state index in [1.165, 1.54) is 19.8 Å². The first-order valence-electron chi connectivity index (χ1n) is 6.20. The van der Waals surface area contributed by atoms with Gasteiger partial charge in [-0.25, -0.2) is 24.5 Å². The minimum absolute atomic E-state index is 0.0844. The van der Waals surface area contributed by atoms with Crippen molar-refractivity contribution in [1.29, 1.82) is 0 Å². The van der Waals surface area contributed by atoms with Crippen LogP contribution in [0, 0.1) is 0 Å². The van der Waals surface area contributed by atoms with E-state index >= 15 is 0 Å². The lowest BCUT2D eigenvalue weighted by Gasteiger charge is -2.10. The van der Waals surface area contributed by atoms with Crippen molar-refractivity contribution in [2.24, 2.45) is 0 Å². The molecule has 0 fully saturated rings. The number of hydrogen-bond acceptors (Lipinski definition) is 7. The van der Waals surface area contributed by atoms with Crippen LogP contribution in [0.1, 0.15) is 26.1 Å². The van der Waals surface area contributed by atoms with Gasteiger partial charge in [0, 0.05) is 23.1 Å². The van der Waals surface area contributed by atoms with E-state index in [0.717, 1.165) is 0 Å². The summed E-state index contributed by atoms with van der Waals surface area (Å²) in [6, 6.07) is 0. The lowest BCUT2D eigenvalue weighted by atomic mass is 10.1. The number of esters is 2. The molecule has 0 aromatic carbocycles. The fourth-order valence-electron chi connectivity index (χ4n) is 1.51. The van der Waals surface area contributed by atoms with Gasteiger partial charge in [-0.05, 0) is 13.8 Å². The van der Waals surface area contributed by atoms with E-state index in [4.69, 9.17) is 9.47 Å². The van der Waals surface area contributed by atoms with Gasteiger partial charge in [0.05, 0.1) is 13.7 Å². The maximum absolute atomic E-state index is 11.7. The van der Waals surface area contributed by atoms with E-state index < -0.39 is 11.9 Å². The van der Waals surface area contributed by atoms with Gasteiger partial charge in [0.2, 0.25) is 0 Å². The van der Waals surface area contributed by atoms with Gasteiger partial charge in [0.25, 0.3) is 0 Å². The van der Waals surface area contributed by atoms with E-state index in [0.29, 0.717) is 22.5 Å². The van der Waals surface area contributed by atoms with Crippen molar-refractivity contribution in [3.63, 3.8) is 0 Å². The van der Waals surface area contributed by atoms with Crippen LogP contribution < -0.4 is 0 Å². The topological polar surface area (TPSA) is 91.3 Å². The van der Waals surface area contributed by atoms with Crippen molar-refractivity contribution in [2.45, 2.75) is 20.3 Å². The molecule has 7 nitrogen and oxygen atoms in total. The van der Waals surface area contributed by atoms with Crippen molar-refractivity contribution in [1.82, 2.24) is 15.0 Å². The first-order valence-corrected chi connectivity index (χ1v) is 6.20. The van der Waals surface area contributed by atoms with Crippen LogP contribution in [0.4, 0.5) is 0 Å². The van der Waals surface area contributed by atoms with Gasteiger partial charge in [-0.15, -0.1) is 0 Å². The Morgan fingerprint density at radius 2 is 1.81 bits per heavy atom. The summed E-state index contributed by atoms with van der Waals surface area (Å²) in [6.45, 7) is 6.74. The van der Waals surface area contributed by atoms with Gasteiger partial charge in [-0.3, -0.25) is 0 Å². The molecule has 0 aliphatic heterocycles. The molecule has 0 saturated carbocycles. The Labute approximate surface area is 122 Å². The number of methoxy groups -OCH3 is 1. The minimum atomic E-state index is -0.489. The van der Waals surface area contributed by atoms with Crippen molar-refractivity contribution in [3.05, 3.63) is 36.2 Å². The van der Waals surface area contributed by atoms with Crippen molar-refractivity contribution >= 4 is 17.5 Å². The number of ether oxygens (including phenoxy) is 2. The van der Waals surface area contributed by atoms with Gasteiger partial charge in [0.1, 0.15) is 12.7 Å².